The molecule has 0 unspecified atom stereocenters. The first kappa shape index (κ1) is 19.5. The Labute approximate surface area is 172 Å². The van der Waals surface area contributed by atoms with Gasteiger partial charge in [0.15, 0.2) is 0 Å². The summed E-state index contributed by atoms with van der Waals surface area (Å²) < 4.78 is 10.5. The molecule has 2 aliphatic rings. The maximum Gasteiger partial charge on any atom is 0.230 e. The van der Waals surface area contributed by atoms with Gasteiger partial charge in [-0.05, 0) is 68.9 Å². The van der Waals surface area contributed by atoms with Crippen LogP contribution in [0.25, 0.3) is 5.69 Å². The average molecular weight is 402 g/mol. The second-order valence-electron chi connectivity index (χ2n) is 7.89. The number of ether oxygens (including phenoxy) is 1. The summed E-state index contributed by atoms with van der Waals surface area (Å²) in [5.74, 6) is 2.62. The quantitative estimate of drug-likeness (QED) is 0.623. The summed E-state index contributed by atoms with van der Waals surface area (Å²) in [4.78, 5) is 4.83. The van der Waals surface area contributed by atoms with Gasteiger partial charge in [-0.3, -0.25) is 9.47 Å². The van der Waals surface area contributed by atoms with Crippen LogP contribution in [0.2, 0.25) is 0 Å². The summed E-state index contributed by atoms with van der Waals surface area (Å²) in [5.41, 5.74) is 0.965. The molecular weight excluding hydrogens is 370 g/mol. The number of benzene rings is 1. The number of hydrogen-bond donors (Lipinski definition) is 0. The van der Waals surface area contributed by atoms with Crippen LogP contribution in [0, 0.1) is 10.7 Å². The molecule has 1 saturated heterocycles. The van der Waals surface area contributed by atoms with Gasteiger partial charge < -0.3 is 9.64 Å². The highest BCUT2D eigenvalue weighted by Gasteiger charge is 2.26. The first-order chi connectivity index (χ1) is 13.7. The highest BCUT2D eigenvalue weighted by atomic mass is 32.1. The van der Waals surface area contributed by atoms with Crippen molar-refractivity contribution < 1.29 is 4.74 Å². The van der Waals surface area contributed by atoms with E-state index >= 15 is 0 Å². The molecule has 0 spiro atoms. The van der Waals surface area contributed by atoms with E-state index in [1.807, 2.05) is 22.9 Å². The van der Waals surface area contributed by atoms with Crippen LogP contribution in [0.15, 0.2) is 24.3 Å². The maximum absolute atomic E-state index is 5.92. The summed E-state index contributed by atoms with van der Waals surface area (Å²) in [7, 11) is 1.71. The number of aromatic nitrogens is 3. The van der Waals surface area contributed by atoms with Crippen molar-refractivity contribution in [3.8, 4) is 11.4 Å². The number of methoxy groups -OCH3 is 1. The van der Waals surface area contributed by atoms with Crippen molar-refractivity contribution in [2.45, 2.75) is 45.7 Å². The fourth-order valence-corrected chi connectivity index (χ4v) is 4.23. The zero-order chi connectivity index (χ0) is 19.5. The van der Waals surface area contributed by atoms with Crippen molar-refractivity contribution in [3.05, 3.63) is 29.0 Å². The Kier molecular flexibility index (Phi) is 6.01. The third-order valence-corrected chi connectivity index (χ3v) is 6.18. The lowest BCUT2D eigenvalue weighted by atomic mass is 10.1. The highest BCUT2D eigenvalue weighted by Crippen LogP contribution is 2.31. The second kappa shape index (κ2) is 8.66. The number of anilines is 1. The Hall–Kier alpha value is -1.86. The Morgan fingerprint density at radius 2 is 1.93 bits per heavy atom. The van der Waals surface area contributed by atoms with Crippen molar-refractivity contribution in [2.75, 3.05) is 38.2 Å². The van der Waals surface area contributed by atoms with Crippen LogP contribution in [0.1, 0.15) is 39.0 Å². The number of rotatable bonds is 8. The Balaban J connectivity index is 1.73. The van der Waals surface area contributed by atoms with E-state index in [0.29, 0.717) is 0 Å². The molecule has 1 aliphatic carbocycles. The fraction of sp³-hybridized carbons (Fsp3) is 0.619. The van der Waals surface area contributed by atoms with Crippen LogP contribution in [-0.4, -0.2) is 52.5 Å². The molecule has 0 radical (unpaired) electrons. The zero-order valence-electron chi connectivity index (χ0n) is 17.0. The summed E-state index contributed by atoms with van der Waals surface area (Å²) in [6.45, 7) is 7.17. The van der Waals surface area contributed by atoms with Gasteiger partial charge in [-0.25, -0.2) is 4.68 Å². The van der Waals surface area contributed by atoms with E-state index in [1.54, 1.807) is 7.11 Å². The Morgan fingerprint density at radius 3 is 2.61 bits per heavy atom. The molecule has 0 atom stereocenters. The third-order valence-electron chi connectivity index (χ3n) is 5.78. The molecule has 0 bridgehead atoms. The molecule has 6 nitrogen and oxygen atoms in total. The minimum Gasteiger partial charge on any atom is -0.495 e. The Bertz CT molecular complexity index is 851. The molecule has 28 heavy (non-hydrogen) atoms. The van der Waals surface area contributed by atoms with Gasteiger partial charge in [0.05, 0.1) is 19.5 Å². The lowest BCUT2D eigenvalue weighted by Gasteiger charge is -2.27. The van der Waals surface area contributed by atoms with E-state index in [1.165, 1.54) is 32.1 Å². The summed E-state index contributed by atoms with van der Waals surface area (Å²) in [6.07, 6.45) is 6.41. The average Bonchev–Trinajstić information content (AvgIpc) is 3.50. The van der Waals surface area contributed by atoms with E-state index in [4.69, 9.17) is 22.1 Å². The largest absolute Gasteiger partial charge is 0.495 e. The summed E-state index contributed by atoms with van der Waals surface area (Å²) in [6, 6.07) is 8.07. The first-order valence-corrected chi connectivity index (χ1v) is 10.9. The third kappa shape index (κ3) is 4.10. The minimum atomic E-state index is 0.735. The van der Waals surface area contributed by atoms with Crippen LogP contribution in [-0.2, 0) is 6.67 Å². The van der Waals surface area contributed by atoms with Gasteiger partial charge in [0.25, 0.3) is 0 Å². The molecule has 2 aromatic rings. The molecule has 7 heteroatoms. The van der Waals surface area contributed by atoms with Gasteiger partial charge in [-0.1, -0.05) is 19.1 Å². The van der Waals surface area contributed by atoms with Crippen LogP contribution >= 0.6 is 12.2 Å². The maximum atomic E-state index is 5.92. The highest BCUT2D eigenvalue weighted by molar-refractivity contribution is 7.71. The zero-order valence-corrected chi connectivity index (χ0v) is 17.8. The van der Waals surface area contributed by atoms with Crippen LogP contribution in [0.4, 0.5) is 5.95 Å². The van der Waals surface area contributed by atoms with E-state index in [9.17, 15) is 0 Å². The van der Waals surface area contributed by atoms with Gasteiger partial charge in [-0.2, -0.15) is 0 Å². The number of piperidine rings is 1. The fourth-order valence-electron chi connectivity index (χ4n) is 3.95. The number of hydrogen-bond acceptors (Lipinski definition) is 5. The van der Waals surface area contributed by atoms with Gasteiger partial charge in [0, 0.05) is 19.6 Å². The van der Waals surface area contributed by atoms with Gasteiger partial charge in [0.2, 0.25) is 10.7 Å². The molecule has 0 amide bonds. The molecule has 1 saturated carbocycles. The first-order valence-electron chi connectivity index (χ1n) is 10.5. The SMILES string of the molecule is CCN(CC1CC1)Cn1nc(N2CCCCC2)n(-c2ccccc2OC)c1=S. The standard InChI is InChI=1S/C21H31N5OS/c1-3-23(15-17-11-12-17)16-25-21(28)26(18-9-5-6-10-19(18)27-2)20(22-25)24-13-7-4-8-14-24/h5-6,9-10,17H,3-4,7-8,11-16H2,1-2H3. The van der Waals surface area contributed by atoms with Gasteiger partial charge in [-0.15, -0.1) is 5.10 Å². The number of nitrogens with zero attached hydrogens (tertiary/aromatic N) is 5. The molecule has 1 aromatic carbocycles. The van der Waals surface area contributed by atoms with Crippen LogP contribution in [0.3, 0.4) is 0 Å². The van der Waals surface area contributed by atoms with Crippen LogP contribution < -0.4 is 9.64 Å². The van der Waals surface area contributed by atoms with Gasteiger partial charge in [0.1, 0.15) is 5.75 Å². The molecule has 152 valence electrons. The molecule has 4 rings (SSSR count). The van der Waals surface area contributed by atoms with E-state index in [-0.39, 0.29) is 0 Å². The molecular formula is C21H31N5OS. The lowest BCUT2D eigenvalue weighted by Crippen LogP contribution is -2.32. The monoisotopic (exact) mass is 401 g/mol. The van der Waals surface area contributed by atoms with Crippen molar-refractivity contribution in [3.63, 3.8) is 0 Å². The molecule has 1 aromatic heterocycles. The minimum absolute atomic E-state index is 0.735. The summed E-state index contributed by atoms with van der Waals surface area (Å²) in [5, 5.41) is 5.00. The van der Waals surface area contributed by atoms with Crippen molar-refractivity contribution >= 4 is 18.2 Å². The number of para-hydroxylation sites is 2. The van der Waals surface area contributed by atoms with Gasteiger partial charge >= 0.3 is 0 Å². The van der Waals surface area contributed by atoms with Crippen molar-refractivity contribution in [1.29, 1.82) is 0 Å². The summed E-state index contributed by atoms with van der Waals surface area (Å²) >= 11 is 5.92. The van der Waals surface area contributed by atoms with Crippen molar-refractivity contribution in [1.82, 2.24) is 19.2 Å². The normalized spacial score (nSPS) is 17.3. The predicted molar refractivity (Wildman–Crippen MR) is 115 cm³/mol. The smallest absolute Gasteiger partial charge is 0.230 e. The van der Waals surface area contributed by atoms with E-state index in [2.05, 4.69) is 27.4 Å². The molecule has 1 aliphatic heterocycles. The molecule has 0 N–H and O–H groups in total. The van der Waals surface area contributed by atoms with E-state index < -0.39 is 0 Å². The molecule has 2 heterocycles. The molecule has 2 fully saturated rings. The van der Waals surface area contributed by atoms with Crippen LogP contribution in [0.5, 0.6) is 5.75 Å². The Morgan fingerprint density at radius 1 is 1.18 bits per heavy atom. The van der Waals surface area contributed by atoms with E-state index in [0.717, 1.165) is 60.9 Å². The second-order valence-corrected chi connectivity index (χ2v) is 8.26. The predicted octanol–water partition coefficient (Wildman–Crippen LogP) is 4.09. The lowest BCUT2D eigenvalue weighted by molar-refractivity contribution is 0.207. The van der Waals surface area contributed by atoms with Crippen molar-refractivity contribution in [2.24, 2.45) is 5.92 Å². The topological polar surface area (TPSA) is 38.5 Å².